The normalized spacial score (nSPS) is 25.9. The van der Waals surface area contributed by atoms with Crippen molar-refractivity contribution < 1.29 is 4.79 Å². The summed E-state index contributed by atoms with van der Waals surface area (Å²) < 4.78 is 0. The fraction of sp³-hybridized carbons (Fsp3) is 0.818. The highest BCUT2D eigenvalue weighted by atomic mass is 32.1. The van der Waals surface area contributed by atoms with Gasteiger partial charge < -0.3 is 15.5 Å². The molecule has 0 spiro atoms. The molecule has 0 aromatic heterocycles. The molecule has 2 fully saturated rings. The quantitative estimate of drug-likeness (QED) is 0.705. The predicted octanol–water partition coefficient (Wildman–Crippen LogP) is 1.34. The number of amides is 2. The van der Waals surface area contributed by atoms with E-state index < -0.39 is 0 Å². The standard InChI is InChI=1S/C11H19N3OS/c12-10(16)9-5-4-8-14(9)11(15)13-6-2-1-3-7-13/h9H,1-8H2,(H2,12,16). The van der Waals surface area contributed by atoms with Crippen molar-refractivity contribution in [3.8, 4) is 0 Å². The lowest BCUT2D eigenvalue weighted by molar-refractivity contribution is 0.147. The maximum absolute atomic E-state index is 12.3. The van der Waals surface area contributed by atoms with E-state index in [-0.39, 0.29) is 12.1 Å². The fourth-order valence-electron chi connectivity index (χ4n) is 2.56. The second-order valence-electron chi connectivity index (χ2n) is 4.58. The first-order valence-electron chi connectivity index (χ1n) is 6.05. The number of hydrogen-bond acceptors (Lipinski definition) is 2. The smallest absolute Gasteiger partial charge is 0.320 e. The van der Waals surface area contributed by atoms with E-state index in [1.165, 1.54) is 6.42 Å². The van der Waals surface area contributed by atoms with Gasteiger partial charge in [-0.05, 0) is 32.1 Å². The van der Waals surface area contributed by atoms with E-state index in [1.807, 2.05) is 9.80 Å². The van der Waals surface area contributed by atoms with Gasteiger partial charge in [-0.25, -0.2) is 4.79 Å². The summed E-state index contributed by atoms with van der Waals surface area (Å²) in [7, 11) is 0. The molecule has 2 heterocycles. The highest BCUT2D eigenvalue weighted by molar-refractivity contribution is 7.80. The molecule has 90 valence electrons. The molecule has 0 saturated carbocycles. The van der Waals surface area contributed by atoms with Gasteiger partial charge in [-0.3, -0.25) is 0 Å². The summed E-state index contributed by atoms with van der Waals surface area (Å²) in [5.74, 6) is 0. The number of likely N-dealkylation sites (tertiary alicyclic amines) is 2. The number of carbonyl (C=O) groups excluding carboxylic acids is 1. The van der Waals surface area contributed by atoms with E-state index in [2.05, 4.69) is 0 Å². The number of hydrogen-bond donors (Lipinski definition) is 1. The van der Waals surface area contributed by atoms with Gasteiger partial charge in [-0.15, -0.1) is 0 Å². The average molecular weight is 241 g/mol. The third-order valence-electron chi connectivity index (χ3n) is 3.45. The van der Waals surface area contributed by atoms with Crippen LogP contribution in [0.1, 0.15) is 32.1 Å². The summed E-state index contributed by atoms with van der Waals surface area (Å²) in [6, 6.07) is 0.124. The molecule has 5 heteroatoms. The van der Waals surface area contributed by atoms with Crippen LogP contribution in [0.5, 0.6) is 0 Å². The summed E-state index contributed by atoms with van der Waals surface area (Å²) in [5, 5.41) is 0. The van der Waals surface area contributed by atoms with Gasteiger partial charge in [0.2, 0.25) is 0 Å². The van der Waals surface area contributed by atoms with Gasteiger partial charge in [0.25, 0.3) is 0 Å². The maximum atomic E-state index is 12.3. The minimum absolute atomic E-state index is 0.00979. The van der Waals surface area contributed by atoms with E-state index in [4.69, 9.17) is 18.0 Å². The Morgan fingerprint density at radius 1 is 1.12 bits per heavy atom. The van der Waals surface area contributed by atoms with Crippen LogP contribution < -0.4 is 5.73 Å². The van der Waals surface area contributed by atoms with Gasteiger partial charge in [0.15, 0.2) is 0 Å². The van der Waals surface area contributed by atoms with Crippen LogP contribution in [0.15, 0.2) is 0 Å². The highest BCUT2D eigenvalue weighted by Gasteiger charge is 2.33. The van der Waals surface area contributed by atoms with Crippen LogP contribution in [-0.2, 0) is 0 Å². The largest absolute Gasteiger partial charge is 0.392 e. The zero-order chi connectivity index (χ0) is 11.5. The Kier molecular flexibility index (Phi) is 3.63. The third-order valence-corrected chi connectivity index (χ3v) is 3.73. The van der Waals surface area contributed by atoms with Crippen LogP contribution in [0, 0.1) is 0 Å². The Morgan fingerprint density at radius 2 is 1.81 bits per heavy atom. The van der Waals surface area contributed by atoms with Crippen molar-refractivity contribution in [1.29, 1.82) is 0 Å². The maximum Gasteiger partial charge on any atom is 0.320 e. The molecular weight excluding hydrogens is 222 g/mol. The minimum Gasteiger partial charge on any atom is -0.392 e. The van der Waals surface area contributed by atoms with Gasteiger partial charge in [-0.1, -0.05) is 12.2 Å². The van der Waals surface area contributed by atoms with Gasteiger partial charge in [0.1, 0.15) is 0 Å². The van der Waals surface area contributed by atoms with E-state index >= 15 is 0 Å². The van der Waals surface area contributed by atoms with Crippen molar-refractivity contribution in [3.63, 3.8) is 0 Å². The first kappa shape index (κ1) is 11.6. The van der Waals surface area contributed by atoms with E-state index in [0.717, 1.165) is 45.3 Å². The summed E-state index contributed by atoms with van der Waals surface area (Å²) in [6.07, 6.45) is 5.42. The number of thiocarbonyl (C=S) groups is 1. The Hall–Kier alpha value is -0.840. The number of piperidine rings is 1. The average Bonchev–Trinajstić information content (AvgIpc) is 2.78. The molecule has 4 nitrogen and oxygen atoms in total. The van der Waals surface area contributed by atoms with Crippen molar-refractivity contribution in [2.45, 2.75) is 38.1 Å². The van der Waals surface area contributed by atoms with E-state index in [0.29, 0.717) is 4.99 Å². The number of nitrogens with zero attached hydrogens (tertiary/aromatic N) is 2. The SMILES string of the molecule is NC(=S)C1CCCN1C(=O)N1CCCCC1. The molecule has 2 saturated heterocycles. The molecule has 2 rings (SSSR count). The molecule has 2 amide bonds. The topological polar surface area (TPSA) is 49.6 Å². The van der Waals surface area contributed by atoms with Gasteiger partial charge in [0.05, 0.1) is 11.0 Å². The zero-order valence-electron chi connectivity index (χ0n) is 9.52. The fourth-order valence-corrected chi connectivity index (χ4v) is 2.80. The Balaban J connectivity index is 1.99. The molecule has 16 heavy (non-hydrogen) atoms. The van der Waals surface area contributed by atoms with Crippen molar-refractivity contribution in [2.24, 2.45) is 5.73 Å². The van der Waals surface area contributed by atoms with Crippen molar-refractivity contribution in [2.75, 3.05) is 19.6 Å². The van der Waals surface area contributed by atoms with Crippen LogP contribution >= 0.6 is 12.2 Å². The number of nitrogens with two attached hydrogens (primary N) is 1. The van der Waals surface area contributed by atoms with E-state index in [9.17, 15) is 4.79 Å². The van der Waals surface area contributed by atoms with Crippen molar-refractivity contribution in [3.05, 3.63) is 0 Å². The molecule has 0 aliphatic carbocycles. The predicted molar refractivity (Wildman–Crippen MR) is 67.3 cm³/mol. The van der Waals surface area contributed by atoms with Gasteiger partial charge in [-0.2, -0.15) is 0 Å². The third kappa shape index (κ3) is 2.29. The lowest BCUT2D eigenvalue weighted by Crippen LogP contribution is -2.50. The number of urea groups is 1. The monoisotopic (exact) mass is 241 g/mol. The first-order chi connectivity index (χ1) is 7.70. The summed E-state index contributed by atoms with van der Waals surface area (Å²) >= 11 is 5.02. The van der Waals surface area contributed by atoms with Crippen molar-refractivity contribution in [1.82, 2.24) is 9.80 Å². The minimum atomic E-state index is -0.00979. The Morgan fingerprint density at radius 3 is 2.44 bits per heavy atom. The van der Waals surface area contributed by atoms with Crippen LogP contribution in [0.25, 0.3) is 0 Å². The lowest BCUT2D eigenvalue weighted by atomic mass is 10.1. The molecule has 0 aromatic rings. The molecule has 2 N–H and O–H groups in total. The zero-order valence-corrected chi connectivity index (χ0v) is 10.3. The summed E-state index contributed by atoms with van der Waals surface area (Å²) in [4.78, 5) is 16.5. The van der Waals surface area contributed by atoms with Crippen molar-refractivity contribution >= 4 is 23.2 Å². The Labute approximate surface area is 102 Å². The molecule has 2 aliphatic heterocycles. The van der Waals surface area contributed by atoms with Gasteiger partial charge >= 0.3 is 6.03 Å². The second kappa shape index (κ2) is 4.99. The van der Waals surface area contributed by atoms with E-state index in [1.54, 1.807) is 0 Å². The molecule has 0 radical (unpaired) electrons. The summed E-state index contributed by atoms with van der Waals surface area (Å²) in [5.41, 5.74) is 5.67. The molecule has 0 aromatic carbocycles. The summed E-state index contributed by atoms with van der Waals surface area (Å²) in [6.45, 7) is 2.58. The van der Waals surface area contributed by atoms with Crippen LogP contribution in [0.3, 0.4) is 0 Å². The number of rotatable bonds is 1. The van der Waals surface area contributed by atoms with Crippen LogP contribution in [0.4, 0.5) is 4.79 Å². The molecule has 1 atom stereocenters. The highest BCUT2D eigenvalue weighted by Crippen LogP contribution is 2.21. The second-order valence-corrected chi connectivity index (χ2v) is 5.06. The first-order valence-corrected chi connectivity index (χ1v) is 6.46. The number of carbonyl (C=O) groups is 1. The lowest BCUT2D eigenvalue weighted by Gasteiger charge is -2.33. The molecular formula is C11H19N3OS. The molecule has 0 bridgehead atoms. The Bertz CT molecular complexity index is 289. The van der Waals surface area contributed by atoms with Crippen LogP contribution in [-0.4, -0.2) is 46.5 Å². The van der Waals surface area contributed by atoms with Gasteiger partial charge in [0, 0.05) is 19.6 Å². The molecule has 1 unspecified atom stereocenters. The molecule has 2 aliphatic rings. The van der Waals surface area contributed by atoms with Crippen LogP contribution in [0.2, 0.25) is 0 Å².